The molecule has 1 aromatic carbocycles. The van der Waals surface area contributed by atoms with Gasteiger partial charge >= 0.3 is 0 Å². The van der Waals surface area contributed by atoms with Crippen LogP contribution in [-0.4, -0.2) is 14.8 Å². The molecule has 4 heteroatoms. The van der Waals surface area contributed by atoms with E-state index in [1.54, 1.807) is 0 Å². The Balaban J connectivity index is 1.44. The highest BCUT2D eigenvalue weighted by Crippen LogP contribution is 2.24. The maximum absolute atomic E-state index is 4.70. The molecule has 0 spiro atoms. The van der Waals surface area contributed by atoms with Crippen molar-refractivity contribution in [2.75, 3.05) is 0 Å². The first-order valence-corrected chi connectivity index (χ1v) is 9.05. The summed E-state index contributed by atoms with van der Waals surface area (Å²) in [7, 11) is 2.07. The Labute approximate surface area is 148 Å². The fourth-order valence-corrected chi connectivity index (χ4v) is 3.69. The summed E-state index contributed by atoms with van der Waals surface area (Å²) >= 11 is 0. The van der Waals surface area contributed by atoms with Crippen LogP contribution in [0.4, 0.5) is 0 Å². The summed E-state index contributed by atoms with van der Waals surface area (Å²) in [5.41, 5.74) is 7.79. The van der Waals surface area contributed by atoms with Crippen molar-refractivity contribution in [1.29, 1.82) is 0 Å². The van der Waals surface area contributed by atoms with Gasteiger partial charge in [-0.05, 0) is 60.1 Å². The number of nitrogens with zero attached hydrogens (tertiary/aromatic N) is 3. The molecule has 0 fully saturated rings. The Morgan fingerprint density at radius 1 is 1.04 bits per heavy atom. The van der Waals surface area contributed by atoms with Gasteiger partial charge in [-0.1, -0.05) is 24.3 Å². The number of fused-ring (bicyclic) bond motifs is 1. The quantitative estimate of drug-likeness (QED) is 0.775. The molecular weight excluding hydrogens is 308 g/mol. The Morgan fingerprint density at radius 3 is 2.80 bits per heavy atom. The summed E-state index contributed by atoms with van der Waals surface area (Å²) in [4.78, 5) is 4.21. The van der Waals surface area contributed by atoms with Crippen LogP contribution in [0.3, 0.4) is 0 Å². The van der Waals surface area contributed by atoms with Gasteiger partial charge in [0.2, 0.25) is 0 Å². The van der Waals surface area contributed by atoms with Crippen molar-refractivity contribution in [3.8, 4) is 11.1 Å². The first kappa shape index (κ1) is 16.0. The van der Waals surface area contributed by atoms with Crippen molar-refractivity contribution in [1.82, 2.24) is 20.1 Å². The topological polar surface area (TPSA) is 42.7 Å². The van der Waals surface area contributed by atoms with Gasteiger partial charge < -0.3 is 5.32 Å². The molecule has 1 aliphatic rings. The molecule has 4 nitrogen and oxygen atoms in total. The zero-order valence-corrected chi connectivity index (χ0v) is 14.7. The van der Waals surface area contributed by atoms with Gasteiger partial charge in [0, 0.05) is 32.5 Å². The standard InChI is InChI=1S/C21H24N4/c1-25-21(19-9-2-3-10-20(19)24-25)15-23-13-16-6-4-7-17(12-16)18-8-5-11-22-14-18/h4-8,11-12,14,23H,2-3,9-10,13,15H2,1H3. The zero-order chi connectivity index (χ0) is 17.1. The molecule has 4 rings (SSSR count). The molecule has 25 heavy (non-hydrogen) atoms. The third kappa shape index (κ3) is 3.49. The highest BCUT2D eigenvalue weighted by Gasteiger charge is 2.18. The van der Waals surface area contributed by atoms with Crippen molar-refractivity contribution in [3.05, 3.63) is 71.3 Å². The molecule has 0 saturated heterocycles. The van der Waals surface area contributed by atoms with Gasteiger partial charge in [0.25, 0.3) is 0 Å². The van der Waals surface area contributed by atoms with E-state index in [9.17, 15) is 0 Å². The maximum Gasteiger partial charge on any atom is 0.0659 e. The number of hydrogen-bond donors (Lipinski definition) is 1. The highest BCUT2D eigenvalue weighted by atomic mass is 15.3. The van der Waals surface area contributed by atoms with Crippen LogP contribution in [0.15, 0.2) is 48.8 Å². The van der Waals surface area contributed by atoms with Crippen molar-refractivity contribution < 1.29 is 0 Å². The summed E-state index contributed by atoms with van der Waals surface area (Å²) in [5.74, 6) is 0. The smallest absolute Gasteiger partial charge is 0.0659 e. The van der Waals surface area contributed by atoms with Crippen LogP contribution in [0.2, 0.25) is 0 Å². The van der Waals surface area contributed by atoms with Gasteiger partial charge in [-0.2, -0.15) is 5.10 Å². The number of aryl methyl sites for hydroxylation is 2. The number of pyridine rings is 1. The van der Waals surface area contributed by atoms with Gasteiger partial charge in [-0.3, -0.25) is 9.67 Å². The van der Waals surface area contributed by atoms with Crippen molar-refractivity contribution in [3.63, 3.8) is 0 Å². The number of nitrogens with one attached hydrogen (secondary N) is 1. The second-order valence-electron chi connectivity index (χ2n) is 6.75. The average molecular weight is 332 g/mol. The Bertz CT molecular complexity index is 852. The van der Waals surface area contributed by atoms with E-state index in [0.717, 1.165) is 25.1 Å². The molecule has 128 valence electrons. The van der Waals surface area contributed by atoms with Crippen molar-refractivity contribution in [2.45, 2.75) is 38.8 Å². The number of hydrogen-bond acceptors (Lipinski definition) is 3. The summed E-state index contributed by atoms with van der Waals surface area (Å²) in [6.45, 7) is 1.73. The van der Waals surface area contributed by atoms with Gasteiger partial charge in [-0.15, -0.1) is 0 Å². The van der Waals surface area contributed by atoms with Gasteiger partial charge in [0.05, 0.1) is 11.4 Å². The minimum absolute atomic E-state index is 0.855. The summed E-state index contributed by atoms with van der Waals surface area (Å²) in [6, 6.07) is 12.7. The molecule has 3 aromatic rings. The number of aromatic nitrogens is 3. The van der Waals surface area contributed by atoms with E-state index in [2.05, 4.69) is 52.4 Å². The molecular formula is C21H24N4. The Hall–Kier alpha value is -2.46. The normalized spacial score (nSPS) is 13.6. The van der Waals surface area contributed by atoms with Gasteiger partial charge in [-0.25, -0.2) is 0 Å². The second kappa shape index (κ2) is 7.19. The van der Waals surface area contributed by atoms with E-state index >= 15 is 0 Å². The zero-order valence-electron chi connectivity index (χ0n) is 14.7. The molecule has 0 bridgehead atoms. The fraction of sp³-hybridized carbons (Fsp3) is 0.333. The minimum atomic E-state index is 0.855. The first-order valence-electron chi connectivity index (χ1n) is 9.05. The second-order valence-corrected chi connectivity index (χ2v) is 6.75. The summed E-state index contributed by atoms with van der Waals surface area (Å²) in [5, 5.41) is 8.30. The first-order chi connectivity index (χ1) is 12.3. The van der Waals surface area contributed by atoms with E-state index in [0.29, 0.717) is 0 Å². The summed E-state index contributed by atoms with van der Waals surface area (Å²) in [6.07, 6.45) is 8.60. The van der Waals surface area contributed by atoms with Crippen LogP contribution in [0.25, 0.3) is 11.1 Å². The lowest BCUT2D eigenvalue weighted by atomic mass is 9.96. The predicted molar refractivity (Wildman–Crippen MR) is 100 cm³/mol. The lowest BCUT2D eigenvalue weighted by Gasteiger charge is -2.12. The number of rotatable bonds is 5. The molecule has 0 aliphatic heterocycles. The maximum atomic E-state index is 4.70. The third-order valence-electron chi connectivity index (χ3n) is 4.99. The highest BCUT2D eigenvalue weighted by molar-refractivity contribution is 5.62. The molecule has 0 atom stereocenters. The molecule has 0 saturated carbocycles. The van der Waals surface area contributed by atoms with Crippen LogP contribution >= 0.6 is 0 Å². The number of benzene rings is 1. The molecule has 0 unspecified atom stereocenters. The summed E-state index contributed by atoms with van der Waals surface area (Å²) < 4.78 is 2.06. The molecule has 2 heterocycles. The third-order valence-corrected chi connectivity index (χ3v) is 4.99. The van der Waals surface area contributed by atoms with Crippen LogP contribution in [0.5, 0.6) is 0 Å². The van der Waals surface area contributed by atoms with Crippen molar-refractivity contribution >= 4 is 0 Å². The van der Waals surface area contributed by atoms with Gasteiger partial charge in [0.15, 0.2) is 0 Å². The average Bonchev–Trinajstić information content (AvgIpc) is 2.98. The van der Waals surface area contributed by atoms with E-state index in [4.69, 9.17) is 5.10 Å². The Kier molecular flexibility index (Phi) is 4.61. The molecule has 0 radical (unpaired) electrons. The molecule has 2 aromatic heterocycles. The van der Waals surface area contributed by atoms with Crippen LogP contribution < -0.4 is 5.32 Å². The van der Waals surface area contributed by atoms with Crippen molar-refractivity contribution in [2.24, 2.45) is 7.05 Å². The van der Waals surface area contributed by atoms with E-state index in [1.165, 1.54) is 47.3 Å². The van der Waals surface area contributed by atoms with Crippen LogP contribution in [0, 0.1) is 0 Å². The van der Waals surface area contributed by atoms with E-state index in [1.807, 2.05) is 18.5 Å². The fourth-order valence-electron chi connectivity index (χ4n) is 3.69. The lowest BCUT2D eigenvalue weighted by Crippen LogP contribution is -2.17. The predicted octanol–water partition coefficient (Wildman–Crippen LogP) is 3.65. The lowest BCUT2D eigenvalue weighted by molar-refractivity contribution is 0.621. The minimum Gasteiger partial charge on any atom is -0.307 e. The van der Waals surface area contributed by atoms with Gasteiger partial charge in [0.1, 0.15) is 0 Å². The largest absolute Gasteiger partial charge is 0.307 e. The van der Waals surface area contributed by atoms with Crippen LogP contribution in [-0.2, 0) is 33.0 Å². The molecule has 1 aliphatic carbocycles. The molecule has 0 amide bonds. The monoisotopic (exact) mass is 332 g/mol. The van der Waals surface area contributed by atoms with Crippen LogP contribution in [0.1, 0.15) is 35.4 Å². The van der Waals surface area contributed by atoms with E-state index in [-0.39, 0.29) is 0 Å². The Morgan fingerprint density at radius 2 is 1.92 bits per heavy atom. The molecule has 1 N–H and O–H groups in total. The SMILES string of the molecule is Cn1nc2c(c1CNCc1cccc(-c3cccnc3)c1)CCCC2. The van der Waals surface area contributed by atoms with E-state index < -0.39 is 0 Å².